The summed E-state index contributed by atoms with van der Waals surface area (Å²) in [5.74, 6) is -0.312. The zero-order valence-electron chi connectivity index (χ0n) is 10.7. The van der Waals surface area contributed by atoms with Crippen molar-refractivity contribution in [3.05, 3.63) is 75.7 Å². The topological polar surface area (TPSA) is 45.2 Å². The average Bonchev–Trinajstić information content (AvgIpc) is 2.51. The fraction of sp³-hybridized carbons (Fsp3) is 0. The van der Waals surface area contributed by atoms with Gasteiger partial charge in [0.15, 0.2) is 5.78 Å². The van der Waals surface area contributed by atoms with Gasteiger partial charge in [0.2, 0.25) is 0 Å². The molecule has 0 saturated carbocycles. The highest BCUT2D eigenvalue weighted by molar-refractivity contribution is 6.37. The zero-order chi connectivity index (χ0) is 15.0. The van der Waals surface area contributed by atoms with Gasteiger partial charge in [0.25, 0.3) is 5.70 Å². The van der Waals surface area contributed by atoms with Gasteiger partial charge < -0.3 is 0 Å². The first-order chi connectivity index (χ1) is 10.2. The molecule has 3 nitrogen and oxygen atoms in total. The molecule has 0 radical (unpaired) electrons. The van der Waals surface area contributed by atoms with Gasteiger partial charge >= 0.3 is 0 Å². The van der Waals surface area contributed by atoms with Crippen LogP contribution in [0.2, 0.25) is 5.02 Å². The van der Waals surface area contributed by atoms with Crippen molar-refractivity contribution in [3.8, 4) is 17.2 Å². The average molecular weight is 291 g/mol. The van der Waals surface area contributed by atoms with Crippen LogP contribution < -0.4 is 0 Å². The van der Waals surface area contributed by atoms with E-state index in [1.165, 1.54) is 0 Å². The van der Waals surface area contributed by atoms with Crippen molar-refractivity contribution in [2.45, 2.75) is 0 Å². The number of hydrogen-bond acceptors (Lipinski definition) is 2. The van der Waals surface area contributed by atoms with Crippen molar-refractivity contribution >= 4 is 23.0 Å². The Labute approximate surface area is 126 Å². The number of ketones is 1. The predicted molar refractivity (Wildman–Crippen MR) is 80.4 cm³/mol. The molecule has 98 valence electrons. The fourth-order valence-electron chi connectivity index (χ4n) is 2.50. The van der Waals surface area contributed by atoms with E-state index in [4.69, 9.17) is 23.4 Å². The van der Waals surface area contributed by atoms with Crippen LogP contribution in [0, 0.1) is 17.9 Å². The van der Waals surface area contributed by atoms with Gasteiger partial charge in [-0.05, 0) is 28.8 Å². The zero-order valence-corrected chi connectivity index (χ0v) is 11.5. The number of carbonyl (C=O) groups is 1. The number of allylic oxidation sites excluding steroid dienone is 2. The lowest BCUT2D eigenvalue weighted by molar-refractivity contribution is 0.105. The van der Waals surface area contributed by atoms with Crippen LogP contribution in [0.1, 0.15) is 15.9 Å². The number of nitriles is 1. The minimum atomic E-state index is -0.312. The van der Waals surface area contributed by atoms with Crippen LogP contribution in [0.3, 0.4) is 0 Å². The van der Waals surface area contributed by atoms with Crippen LogP contribution in [0.4, 0.5) is 0 Å². The molecule has 1 aliphatic carbocycles. The fourth-order valence-corrected chi connectivity index (χ4v) is 2.68. The lowest BCUT2D eigenvalue weighted by atomic mass is 9.81. The van der Waals surface area contributed by atoms with Crippen molar-refractivity contribution < 1.29 is 4.79 Å². The van der Waals surface area contributed by atoms with Gasteiger partial charge in [-0.1, -0.05) is 41.9 Å². The van der Waals surface area contributed by atoms with Crippen molar-refractivity contribution in [2.24, 2.45) is 0 Å². The normalized spacial score (nSPS) is 14.5. The Bertz CT molecular complexity index is 882. The van der Waals surface area contributed by atoms with E-state index < -0.39 is 0 Å². The second-order valence-electron chi connectivity index (χ2n) is 4.51. The van der Waals surface area contributed by atoms with Crippen LogP contribution in [-0.2, 0) is 0 Å². The van der Waals surface area contributed by atoms with Crippen LogP contribution in [-0.4, -0.2) is 5.78 Å². The van der Waals surface area contributed by atoms with Crippen LogP contribution in [0.5, 0.6) is 0 Å². The van der Waals surface area contributed by atoms with E-state index in [1.54, 1.807) is 30.3 Å². The molecule has 0 atom stereocenters. The Morgan fingerprint density at radius 2 is 1.76 bits per heavy atom. The molecule has 0 saturated heterocycles. The summed E-state index contributed by atoms with van der Waals surface area (Å²) in [5.41, 5.74) is 2.56. The molecule has 3 rings (SSSR count). The lowest BCUT2D eigenvalue weighted by Gasteiger charge is -2.21. The molecule has 21 heavy (non-hydrogen) atoms. The third kappa shape index (κ3) is 1.92. The lowest BCUT2D eigenvalue weighted by Crippen LogP contribution is -2.12. The largest absolute Gasteiger partial charge is 0.290 e. The molecule has 0 bridgehead atoms. The Hall–Kier alpha value is -2.88. The number of benzene rings is 2. The number of rotatable bonds is 0. The molecule has 2 aromatic rings. The Kier molecular flexibility index (Phi) is 3.06. The first-order valence-electron chi connectivity index (χ1n) is 6.13. The van der Waals surface area contributed by atoms with E-state index in [9.17, 15) is 4.79 Å². The smallest absolute Gasteiger partial charge is 0.273 e. The van der Waals surface area contributed by atoms with E-state index in [0.29, 0.717) is 16.1 Å². The number of hydrogen-bond donors (Lipinski definition) is 0. The quantitative estimate of drug-likeness (QED) is 0.411. The maximum atomic E-state index is 12.7. The summed E-state index contributed by atoms with van der Waals surface area (Å²) in [6.45, 7) is 7.12. The summed E-state index contributed by atoms with van der Waals surface area (Å²) in [5, 5.41) is 9.59. The van der Waals surface area contributed by atoms with Gasteiger partial charge in [0, 0.05) is 16.2 Å². The predicted octanol–water partition coefficient (Wildman–Crippen LogP) is 4.36. The van der Waals surface area contributed by atoms with E-state index >= 15 is 0 Å². The Balaban J connectivity index is 2.47. The molecule has 1 aliphatic rings. The minimum Gasteiger partial charge on any atom is -0.290 e. The third-order valence-electron chi connectivity index (χ3n) is 3.39. The van der Waals surface area contributed by atoms with Crippen molar-refractivity contribution in [2.75, 3.05) is 0 Å². The van der Waals surface area contributed by atoms with Gasteiger partial charge in [-0.25, -0.2) is 10.1 Å². The molecule has 0 aliphatic heterocycles. The third-order valence-corrected chi connectivity index (χ3v) is 3.63. The molecular weight excluding hydrogens is 284 g/mol. The van der Waals surface area contributed by atoms with Gasteiger partial charge in [0.1, 0.15) is 0 Å². The molecule has 0 unspecified atom stereocenters. The van der Waals surface area contributed by atoms with Crippen molar-refractivity contribution in [1.82, 2.24) is 0 Å². The molecule has 2 aromatic carbocycles. The maximum Gasteiger partial charge on any atom is 0.273 e. The van der Waals surface area contributed by atoms with E-state index in [2.05, 4.69) is 4.85 Å². The molecular formula is C17H7ClN2O. The summed E-state index contributed by atoms with van der Waals surface area (Å²) in [6, 6.07) is 14.1. The summed E-state index contributed by atoms with van der Waals surface area (Å²) in [6.07, 6.45) is 0. The molecule has 0 spiro atoms. The summed E-state index contributed by atoms with van der Waals surface area (Å²) in [4.78, 5) is 15.8. The van der Waals surface area contributed by atoms with Crippen molar-refractivity contribution in [3.63, 3.8) is 0 Å². The van der Waals surface area contributed by atoms with Crippen LogP contribution in [0.15, 0.2) is 48.2 Å². The number of halogens is 1. The highest BCUT2D eigenvalue weighted by atomic mass is 35.5. The van der Waals surface area contributed by atoms with Gasteiger partial charge in [0.05, 0.1) is 12.6 Å². The molecule has 0 fully saturated rings. The number of Topliss-reactive ketones (excluding diaryl/α,β-unsaturated/α-hetero) is 1. The molecule has 0 aromatic heterocycles. The molecule has 4 heteroatoms. The first-order valence-corrected chi connectivity index (χ1v) is 6.51. The summed E-state index contributed by atoms with van der Waals surface area (Å²) >= 11 is 6.01. The van der Waals surface area contributed by atoms with E-state index in [0.717, 1.165) is 11.1 Å². The Morgan fingerprint density at radius 1 is 1.10 bits per heavy atom. The monoisotopic (exact) mass is 290 g/mol. The maximum absolute atomic E-state index is 12.7. The second-order valence-corrected chi connectivity index (χ2v) is 4.95. The second kappa shape index (κ2) is 4.90. The highest BCUT2D eigenvalue weighted by Gasteiger charge is 2.29. The molecule has 0 amide bonds. The van der Waals surface area contributed by atoms with Gasteiger partial charge in [-0.2, -0.15) is 0 Å². The van der Waals surface area contributed by atoms with E-state index in [1.807, 2.05) is 18.2 Å². The first kappa shape index (κ1) is 13.1. The molecule has 0 heterocycles. The molecule has 0 N–H and O–H groups in total. The minimum absolute atomic E-state index is 0.128. The van der Waals surface area contributed by atoms with Crippen LogP contribution in [0.25, 0.3) is 21.5 Å². The van der Waals surface area contributed by atoms with E-state index in [-0.39, 0.29) is 17.1 Å². The SMILES string of the molecule is [C-]#[N+]C(C#N)=C1C(=O)c2ccccc2-c2ccc(Cl)cc21. The number of carbonyl (C=O) groups excluding carboxylic acids is 1. The summed E-state index contributed by atoms with van der Waals surface area (Å²) < 4.78 is 0. The number of fused-ring (bicyclic) bond motifs is 3. The van der Waals surface area contributed by atoms with Gasteiger partial charge in [-0.3, -0.25) is 4.79 Å². The highest BCUT2D eigenvalue weighted by Crippen LogP contribution is 2.41. The number of nitrogens with zero attached hydrogens (tertiary/aromatic N) is 2. The standard InChI is InChI=1S/C17H7ClN2O/c1-20-15(9-19)16-14-8-10(18)6-7-12(14)11-4-2-3-5-13(11)17(16)21/h2-8H. The summed E-state index contributed by atoms with van der Waals surface area (Å²) in [7, 11) is 0. The Morgan fingerprint density at radius 3 is 2.43 bits per heavy atom. The van der Waals surface area contributed by atoms with Crippen LogP contribution >= 0.6 is 11.6 Å². The van der Waals surface area contributed by atoms with Crippen molar-refractivity contribution in [1.29, 1.82) is 5.26 Å². The van der Waals surface area contributed by atoms with Gasteiger partial charge in [-0.15, -0.1) is 0 Å².